The molecule has 0 unspecified atom stereocenters. The molecule has 96 valence electrons. The molecule has 7 heteroatoms. The van der Waals surface area contributed by atoms with Crippen molar-refractivity contribution >= 4 is 33.6 Å². The number of thiazole rings is 1. The first kappa shape index (κ1) is 13.4. The highest BCUT2D eigenvalue weighted by molar-refractivity contribution is 7.89. The molecule has 2 rings (SSSR count). The smallest absolute Gasteiger partial charge is 0.242 e. The summed E-state index contributed by atoms with van der Waals surface area (Å²) in [7, 11) is -0.339. The number of benzene rings is 1. The number of H-pyrrole nitrogens is 1. The third kappa shape index (κ3) is 2.54. The Kier molecular flexibility index (Phi) is 3.67. The van der Waals surface area contributed by atoms with Crippen molar-refractivity contribution in [3.63, 3.8) is 0 Å². The van der Waals surface area contributed by atoms with Gasteiger partial charge >= 0.3 is 0 Å². The topological polar surface area (TPSA) is 53.2 Å². The quantitative estimate of drug-likeness (QED) is 0.887. The van der Waals surface area contributed by atoms with Gasteiger partial charge < -0.3 is 4.98 Å². The van der Waals surface area contributed by atoms with Gasteiger partial charge in [-0.15, -0.1) is 11.3 Å². The van der Waals surface area contributed by atoms with E-state index < -0.39 is 10.0 Å². The first-order valence-electron chi connectivity index (χ1n) is 5.12. The maximum Gasteiger partial charge on any atom is 0.242 e. The van der Waals surface area contributed by atoms with Crippen LogP contribution in [0.3, 0.4) is 0 Å². The third-order valence-electron chi connectivity index (χ3n) is 2.46. The summed E-state index contributed by atoms with van der Waals surface area (Å²) >= 11 is 6.46. The average Bonchev–Trinajstić information content (AvgIpc) is 2.76. The lowest BCUT2D eigenvalue weighted by Crippen LogP contribution is -2.22. The molecule has 1 aromatic carbocycles. The molecular weight excluding hydrogens is 288 g/mol. The van der Waals surface area contributed by atoms with Crippen molar-refractivity contribution in [2.75, 3.05) is 14.1 Å². The van der Waals surface area contributed by atoms with Gasteiger partial charge in [0.15, 0.2) is 3.95 Å². The van der Waals surface area contributed by atoms with Crippen LogP contribution in [0.25, 0.3) is 11.3 Å². The standard InChI is InChI=1S/C11H12N2O2S3/c1-13(2)18(14,15)9-5-3-8(4-6-9)10-7-17-11(16)12-10/h3-7H,1-2H3,(H,12,16). The van der Waals surface area contributed by atoms with Crippen molar-refractivity contribution in [3.8, 4) is 11.3 Å². The molecule has 0 spiro atoms. The molecule has 0 saturated carbocycles. The van der Waals surface area contributed by atoms with Crippen LogP contribution in [-0.2, 0) is 10.0 Å². The molecule has 0 aliphatic carbocycles. The molecule has 1 N–H and O–H groups in total. The molecular formula is C11H12N2O2S3. The van der Waals surface area contributed by atoms with Gasteiger partial charge in [0.2, 0.25) is 10.0 Å². The second kappa shape index (κ2) is 4.93. The highest BCUT2D eigenvalue weighted by Gasteiger charge is 2.16. The molecule has 0 aliphatic rings. The van der Waals surface area contributed by atoms with E-state index in [0.29, 0.717) is 3.95 Å². The Hall–Kier alpha value is -1.02. The minimum Gasteiger partial charge on any atom is -0.337 e. The normalized spacial score (nSPS) is 11.9. The Labute approximate surface area is 115 Å². The molecule has 1 aromatic heterocycles. The predicted octanol–water partition coefficient (Wildman–Crippen LogP) is 2.72. The van der Waals surface area contributed by atoms with Gasteiger partial charge in [0.25, 0.3) is 0 Å². The summed E-state index contributed by atoms with van der Waals surface area (Å²) < 4.78 is 25.7. The summed E-state index contributed by atoms with van der Waals surface area (Å²) in [4.78, 5) is 3.33. The van der Waals surface area contributed by atoms with E-state index in [9.17, 15) is 8.42 Å². The molecule has 0 radical (unpaired) electrons. The van der Waals surface area contributed by atoms with Gasteiger partial charge in [-0.3, -0.25) is 0 Å². The first-order valence-corrected chi connectivity index (χ1v) is 7.85. The van der Waals surface area contributed by atoms with E-state index in [4.69, 9.17) is 12.2 Å². The zero-order chi connectivity index (χ0) is 13.3. The third-order valence-corrected chi connectivity index (χ3v) is 5.35. The van der Waals surface area contributed by atoms with Crippen molar-refractivity contribution < 1.29 is 8.42 Å². The number of hydrogen-bond donors (Lipinski definition) is 1. The molecule has 1 heterocycles. The van der Waals surface area contributed by atoms with Crippen molar-refractivity contribution in [3.05, 3.63) is 33.6 Å². The molecule has 0 amide bonds. The van der Waals surface area contributed by atoms with Crippen LogP contribution in [0.2, 0.25) is 0 Å². The van der Waals surface area contributed by atoms with Crippen molar-refractivity contribution in [1.29, 1.82) is 0 Å². The molecule has 0 aliphatic heterocycles. The zero-order valence-corrected chi connectivity index (χ0v) is 12.3. The Morgan fingerprint density at radius 1 is 1.22 bits per heavy atom. The van der Waals surface area contributed by atoms with E-state index in [1.165, 1.54) is 29.7 Å². The number of aromatic amines is 1. The van der Waals surface area contributed by atoms with Gasteiger partial charge in [-0.2, -0.15) is 0 Å². The molecule has 0 atom stereocenters. The fourth-order valence-electron chi connectivity index (χ4n) is 1.44. The van der Waals surface area contributed by atoms with Gasteiger partial charge in [0, 0.05) is 19.5 Å². The lowest BCUT2D eigenvalue weighted by Gasteiger charge is -2.11. The minimum absolute atomic E-state index is 0.282. The number of hydrogen-bond acceptors (Lipinski definition) is 4. The zero-order valence-electron chi connectivity index (χ0n) is 9.88. The number of aromatic nitrogens is 1. The second-order valence-corrected chi connectivity index (χ2v) is 7.57. The lowest BCUT2D eigenvalue weighted by molar-refractivity contribution is 0.521. The van der Waals surface area contributed by atoms with Crippen LogP contribution in [0, 0.1) is 3.95 Å². The number of sulfonamides is 1. The van der Waals surface area contributed by atoms with Crippen LogP contribution in [0.1, 0.15) is 0 Å². The Morgan fingerprint density at radius 2 is 1.83 bits per heavy atom. The van der Waals surface area contributed by atoms with Gasteiger partial charge in [0.1, 0.15) is 0 Å². The maximum atomic E-state index is 11.9. The van der Waals surface area contributed by atoms with E-state index in [0.717, 1.165) is 11.3 Å². The SMILES string of the molecule is CN(C)S(=O)(=O)c1ccc(-c2csc(=S)[nH]2)cc1. The predicted molar refractivity (Wildman–Crippen MR) is 75.8 cm³/mol. The summed E-state index contributed by atoms with van der Waals surface area (Å²) in [5, 5.41) is 1.91. The summed E-state index contributed by atoms with van der Waals surface area (Å²) in [5.41, 5.74) is 1.82. The number of nitrogens with zero attached hydrogens (tertiary/aromatic N) is 1. The number of nitrogens with one attached hydrogen (secondary N) is 1. The van der Waals surface area contributed by atoms with E-state index >= 15 is 0 Å². The summed E-state index contributed by atoms with van der Waals surface area (Å²) in [6, 6.07) is 6.73. The molecule has 0 bridgehead atoms. The fraction of sp³-hybridized carbons (Fsp3) is 0.182. The van der Waals surface area contributed by atoms with Crippen LogP contribution < -0.4 is 0 Å². The summed E-state index contributed by atoms with van der Waals surface area (Å²) in [6.45, 7) is 0. The average molecular weight is 300 g/mol. The van der Waals surface area contributed by atoms with Gasteiger partial charge in [-0.1, -0.05) is 12.1 Å². The Bertz CT molecular complexity index is 696. The van der Waals surface area contributed by atoms with Crippen LogP contribution in [-0.4, -0.2) is 31.8 Å². The van der Waals surface area contributed by atoms with Gasteiger partial charge in [-0.05, 0) is 29.9 Å². The maximum absolute atomic E-state index is 11.9. The van der Waals surface area contributed by atoms with Gasteiger partial charge in [-0.25, -0.2) is 12.7 Å². The molecule has 2 aromatic rings. The van der Waals surface area contributed by atoms with Crippen molar-refractivity contribution in [2.24, 2.45) is 0 Å². The lowest BCUT2D eigenvalue weighted by atomic mass is 10.2. The first-order chi connectivity index (χ1) is 8.41. The fourth-order valence-corrected chi connectivity index (χ4v) is 3.18. The molecule has 0 fully saturated rings. The molecule has 18 heavy (non-hydrogen) atoms. The minimum atomic E-state index is -3.37. The van der Waals surface area contributed by atoms with E-state index in [-0.39, 0.29) is 4.90 Å². The van der Waals surface area contributed by atoms with Crippen LogP contribution >= 0.6 is 23.6 Å². The summed E-state index contributed by atoms with van der Waals surface area (Å²) in [6.07, 6.45) is 0. The van der Waals surface area contributed by atoms with Crippen LogP contribution in [0.4, 0.5) is 0 Å². The Balaban J connectivity index is 2.40. The van der Waals surface area contributed by atoms with Crippen molar-refractivity contribution in [2.45, 2.75) is 4.90 Å². The highest BCUT2D eigenvalue weighted by atomic mass is 32.2. The van der Waals surface area contributed by atoms with E-state index in [2.05, 4.69) is 4.98 Å². The second-order valence-electron chi connectivity index (χ2n) is 3.87. The summed E-state index contributed by atoms with van der Waals surface area (Å²) in [5.74, 6) is 0. The van der Waals surface area contributed by atoms with Crippen LogP contribution in [0.15, 0.2) is 34.5 Å². The molecule has 0 saturated heterocycles. The van der Waals surface area contributed by atoms with Crippen LogP contribution in [0.5, 0.6) is 0 Å². The van der Waals surface area contributed by atoms with E-state index in [1.54, 1.807) is 24.3 Å². The molecule has 4 nitrogen and oxygen atoms in total. The monoisotopic (exact) mass is 300 g/mol. The van der Waals surface area contributed by atoms with Crippen molar-refractivity contribution in [1.82, 2.24) is 9.29 Å². The van der Waals surface area contributed by atoms with E-state index in [1.807, 2.05) is 5.38 Å². The van der Waals surface area contributed by atoms with Gasteiger partial charge in [0.05, 0.1) is 10.6 Å². The highest BCUT2D eigenvalue weighted by Crippen LogP contribution is 2.22. The Morgan fingerprint density at radius 3 is 2.28 bits per heavy atom. The largest absolute Gasteiger partial charge is 0.337 e. The number of rotatable bonds is 3.